The molecule has 0 radical (unpaired) electrons. The second-order valence-corrected chi connectivity index (χ2v) is 7.07. The number of likely N-dealkylation sites (tertiary alicyclic amines) is 1. The standard InChI is InChI=1S/C17H16F3N5OS/c1-2-10-6-14(17(18,19)20)25-15(22-10)7-11(23-25)13-4-3-5-24(13)16(26)12-8-27-9-21-12/h6-9,13H,2-5H2,1H3/t13-/m0/s1. The van der Waals surface area contributed by atoms with Crippen molar-refractivity contribution >= 4 is 22.9 Å². The number of alkyl halides is 3. The predicted molar refractivity (Wildman–Crippen MR) is 92.5 cm³/mol. The number of fused-ring (bicyclic) bond motifs is 1. The molecular formula is C17H16F3N5OS. The molecule has 6 nitrogen and oxygen atoms in total. The minimum absolute atomic E-state index is 0.143. The number of aromatic nitrogens is 4. The van der Waals surface area contributed by atoms with Gasteiger partial charge in [-0.25, -0.2) is 14.5 Å². The summed E-state index contributed by atoms with van der Waals surface area (Å²) in [5, 5.41) is 5.84. The molecule has 3 aromatic heterocycles. The first-order valence-corrected chi connectivity index (χ1v) is 9.48. The molecule has 10 heteroatoms. The maximum Gasteiger partial charge on any atom is 0.433 e. The second kappa shape index (κ2) is 6.59. The van der Waals surface area contributed by atoms with Gasteiger partial charge in [0, 0.05) is 23.7 Å². The smallest absolute Gasteiger partial charge is 0.329 e. The number of carbonyl (C=O) groups excluding carboxylic acids is 1. The van der Waals surface area contributed by atoms with Crippen molar-refractivity contribution < 1.29 is 18.0 Å². The Hall–Kier alpha value is -2.49. The van der Waals surface area contributed by atoms with Crippen LogP contribution in [0.25, 0.3) is 5.65 Å². The van der Waals surface area contributed by atoms with Gasteiger partial charge < -0.3 is 4.90 Å². The number of thiazole rings is 1. The minimum atomic E-state index is -4.54. The third-order valence-electron chi connectivity index (χ3n) is 4.66. The van der Waals surface area contributed by atoms with Crippen molar-refractivity contribution in [3.8, 4) is 0 Å². The Kier molecular flexibility index (Phi) is 4.37. The third kappa shape index (κ3) is 3.18. The normalized spacial score (nSPS) is 17.8. The Morgan fingerprint density at radius 1 is 1.37 bits per heavy atom. The number of amides is 1. The minimum Gasteiger partial charge on any atom is -0.329 e. The quantitative estimate of drug-likeness (QED) is 0.678. The average molecular weight is 395 g/mol. The number of aryl methyl sites for hydroxylation is 1. The lowest BCUT2D eigenvalue weighted by Gasteiger charge is -2.22. The molecule has 142 valence electrons. The fourth-order valence-electron chi connectivity index (χ4n) is 3.37. The van der Waals surface area contributed by atoms with Crippen molar-refractivity contribution in [1.29, 1.82) is 0 Å². The molecule has 1 atom stereocenters. The van der Waals surface area contributed by atoms with Crippen LogP contribution in [0.5, 0.6) is 0 Å². The van der Waals surface area contributed by atoms with Crippen molar-refractivity contribution in [3.63, 3.8) is 0 Å². The number of nitrogens with zero attached hydrogens (tertiary/aromatic N) is 5. The summed E-state index contributed by atoms with van der Waals surface area (Å²) in [5.74, 6) is -0.228. The van der Waals surface area contributed by atoms with E-state index in [1.807, 2.05) is 0 Å². The van der Waals surface area contributed by atoms with Crippen LogP contribution < -0.4 is 0 Å². The SMILES string of the molecule is CCc1cc(C(F)(F)F)n2nc([C@@H]3CCCN3C(=O)c3cscn3)cc2n1. The zero-order chi connectivity index (χ0) is 19.2. The van der Waals surface area contributed by atoms with Crippen LogP contribution in [0.3, 0.4) is 0 Å². The Morgan fingerprint density at radius 2 is 2.19 bits per heavy atom. The molecule has 0 bridgehead atoms. The molecule has 1 amide bonds. The molecule has 1 aliphatic heterocycles. The average Bonchev–Trinajstić information content (AvgIpc) is 3.38. The molecule has 4 heterocycles. The first-order valence-electron chi connectivity index (χ1n) is 8.54. The highest BCUT2D eigenvalue weighted by molar-refractivity contribution is 7.07. The van der Waals surface area contributed by atoms with Gasteiger partial charge in [-0.05, 0) is 25.3 Å². The van der Waals surface area contributed by atoms with E-state index in [-0.39, 0.29) is 17.6 Å². The molecule has 1 saturated heterocycles. The van der Waals surface area contributed by atoms with E-state index in [2.05, 4.69) is 15.1 Å². The van der Waals surface area contributed by atoms with Crippen molar-refractivity contribution in [2.75, 3.05) is 6.54 Å². The fourth-order valence-corrected chi connectivity index (χ4v) is 3.90. The summed E-state index contributed by atoms with van der Waals surface area (Å²) >= 11 is 1.32. The lowest BCUT2D eigenvalue weighted by atomic mass is 10.1. The number of carbonyl (C=O) groups is 1. The van der Waals surface area contributed by atoms with Gasteiger partial charge in [0.05, 0.1) is 17.2 Å². The van der Waals surface area contributed by atoms with Gasteiger partial charge in [-0.2, -0.15) is 18.3 Å². The van der Waals surface area contributed by atoms with Gasteiger partial charge in [0.25, 0.3) is 5.91 Å². The summed E-state index contributed by atoms with van der Waals surface area (Å²) in [7, 11) is 0. The van der Waals surface area contributed by atoms with Crippen molar-refractivity contribution in [2.45, 2.75) is 38.4 Å². The van der Waals surface area contributed by atoms with Crippen LogP contribution in [0.2, 0.25) is 0 Å². The molecule has 27 heavy (non-hydrogen) atoms. The molecule has 0 aliphatic carbocycles. The first-order chi connectivity index (χ1) is 12.9. The molecule has 3 aromatic rings. The van der Waals surface area contributed by atoms with E-state index in [0.717, 1.165) is 17.0 Å². The summed E-state index contributed by atoms with van der Waals surface area (Å²) in [6.07, 6.45) is -2.76. The van der Waals surface area contributed by atoms with Gasteiger partial charge in [-0.1, -0.05) is 6.92 Å². The number of rotatable bonds is 3. The lowest BCUT2D eigenvalue weighted by Crippen LogP contribution is -2.31. The molecule has 0 N–H and O–H groups in total. The van der Waals surface area contributed by atoms with E-state index < -0.39 is 11.9 Å². The summed E-state index contributed by atoms with van der Waals surface area (Å²) in [6.45, 7) is 2.27. The van der Waals surface area contributed by atoms with E-state index in [1.165, 1.54) is 11.3 Å². The molecular weight excluding hydrogens is 379 g/mol. The van der Waals surface area contributed by atoms with Crippen LogP contribution in [-0.4, -0.2) is 36.9 Å². The van der Waals surface area contributed by atoms with Crippen LogP contribution in [0.4, 0.5) is 13.2 Å². The summed E-state index contributed by atoms with van der Waals surface area (Å²) < 4.78 is 41.2. The van der Waals surface area contributed by atoms with E-state index in [0.29, 0.717) is 36.5 Å². The first kappa shape index (κ1) is 17.9. The number of halogens is 3. The largest absolute Gasteiger partial charge is 0.433 e. The highest BCUT2D eigenvalue weighted by Crippen LogP contribution is 2.35. The Morgan fingerprint density at radius 3 is 2.85 bits per heavy atom. The van der Waals surface area contributed by atoms with Crippen molar-refractivity contribution in [3.05, 3.63) is 45.8 Å². The maximum atomic E-state index is 13.5. The van der Waals surface area contributed by atoms with Gasteiger partial charge in [-0.15, -0.1) is 11.3 Å². The monoisotopic (exact) mass is 395 g/mol. The summed E-state index contributed by atoms with van der Waals surface area (Å²) in [6, 6.07) is 2.19. The topological polar surface area (TPSA) is 63.4 Å². The van der Waals surface area contributed by atoms with Crippen LogP contribution >= 0.6 is 11.3 Å². The van der Waals surface area contributed by atoms with Gasteiger partial charge >= 0.3 is 6.18 Å². The van der Waals surface area contributed by atoms with Crippen LogP contribution in [0.15, 0.2) is 23.0 Å². The molecule has 0 aromatic carbocycles. The molecule has 1 aliphatic rings. The zero-order valence-electron chi connectivity index (χ0n) is 14.4. The fraction of sp³-hybridized carbons (Fsp3) is 0.412. The second-order valence-electron chi connectivity index (χ2n) is 6.35. The Labute approximate surface area is 156 Å². The highest BCUT2D eigenvalue weighted by Gasteiger charge is 2.37. The van der Waals surface area contributed by atoms with E-state index in [9.17, 15) is 18.0 Å². The highest BCUT2D eigenvalue weighted by atomic mass is 32.1. The number of hydrogen-bond donors (Lipinski definition) is 0. The summed E-state index contributed by atoms with van der Waals surface area (Å²) in [5.41, 5.74) is 1.98. The lowest BCUT2D eigenvalue weighted by molar-refractivity contribution is -0.142. The zero-order valence-corrected chi connectivity index (χ0v) is 15.2. The molecule has 0 unspecified atom stereocenters. The Bertz CT molecular complexity index is 983. The van der Waals surface area contributed by atoms with E-state index >= 15 is 0 Å². The van der Waals surface area contributed by atoms with Gasteiger partial charge in [0.1, 0.15) is 11.4 Å². The van der Waals surface area contributed by atoms with Crippen molar-refractivity contribution in [2.24, 2.45) is 0 Å². The van der Waals surface area contributed by atoms with E-state index in [4.69, 9.17) is 0 Å². The van der Waals surface area contributed by atoms with Crippen LogP contribution in [0.1, 0.15) is 53.4 Å². The Balaban J connectivity index is 1.76. The maximum absolute atomic E-state index is 13.5. The molecule has 4 rings (SSSR count). The molecule has 0 saturated carbocycles. The van der Waals surface area contributed by atoms with Crippen molar-refractivity contribution in [1.82, 2.24) is 24.5 Å². The third-order valence-corrected chi connectivity index (χ3v) is 5.24. The van der Waals surface area contributed by atoms with E-state index in [1.54, 1.807) is 28.8 Å². The van der Waals surface area contributed by atoms with Gasteiger partial charge in [0.2, 0.25) is 0 Å². The molecule has 0 spiro atoms. The van der Waals surface area contributed by atoms with Gasteiger partial charge in [0.15, 0.2) is 5.65 Å². The van der Waals surface area contributed by atoms with Crippen LogP contribution in [0, 0.1) is 0 Å². The predicted octanol–water partition coefficient (Wildman–Crippen LogP) is 3.74. The summed E-state index contributed by atoms with van der Waals surface area (Å²) in [4.78, 5) is 22.6. The van der Waals surface area contributed by atoms with Crippen LogP contribution in [-0.2, 0) is 12.6 Å². The number of hydrogen-bond acceptors (Lipinski definition) is 5. The van der Waals surface area contributed by atoms with Gasteiger partial charge in [-0.3, -0.25) is 4.79 Å². The molecule has 1 fully saturated rings.